The van der Waals surface area contributed by atoms with Crippen LogP contribution in [0.3, 0.4) is 0 Å². The number of hydrogen-bond donors (Lipinski definition) is 0. The number of ketones is 1. The molecule has 3 aliphatic rings. The highest BCUT2D eigenvalue weighted by atomic mass is 16.1. The highest BCUT2D eigenvalue weighted by molar-refractivity contribution is 5.87. The minimum absolute atomic E-state index is 0.514. The molecule has 0 bridgehead atoms. The summed E-state index contributed by atoms with van der Waals surface area (Å²) in [6.07, 6.45) is 7.80. The molecule has 0 aromatic rings. The fraction of sp³-hybridized carbons (Fsp3) is 0.909. The maximum atomic E-state index is 11.9. The van der Waals surface area contributed by atoms with E-state index in [1.807, 2.05) is 0 Å². The summed E-state index contributed by atoms with van der Waals surface area (Å²) in [6, 6.07) is 0. The van der Waals surface area contributed by atoms with E-state index in [1.54, 1.807) is 0 Å². The quantitative estimate of drug-likeness (QED) is 0.537. The van der Waals surface area contributed by atoms with Crippen LogP contribution in [0.15, 0.2) is 0 Å². The van der Waals surface area contributed by atoms with E-state index in [9.17, 15) is 4.79 Å². The van der Waals surface area contributed by atoms with Crippen molar-refractivity contribution in [1.82, 2.24) is 0 Å². The molecule has 3 rings (SSSR count). The first-order valence-corrected chi connectivity index (χ1v) is 5.41. The van der Waals surface area contributed by atoms with Gasteiger partial charge in [0.15, 0.2) is 0 Å². The lowest BCUT2D eigenvalue weighted by Gasteiger charge is -2.14. The third kappa shape index (κ3) is 0.725. The van der Waals surface area contributed by atoms with Crippen LogP contribution in [-0.4, -0.2) is 5.78 Å². The summed E-state index contributed by atoms with van der Waals surface area (Å²) >= 11 is 0. The lowest BCUT2D eigenvalue weighted by atomic mass is 9.90. The fourth-order valence-corrected chi connectivity index (χ4v) is 3.98. The second kappa shape index (κ2) is 2.34. The minimum Gasteiger partial charge on any atom is -0.299 e. The summed E-state index contributed by atoms with van der Waals surface area (Å²) in [4.78, 5) is 11.9. The second-order valence-corrected chi connectivity index (χ2v) is 4.80. The molecule has 4 atom stereocenters. The van der Waals surface area contributed by atoms with E-state index < -0.39 is 0 Å². The van der Waals surface area contributed by atoms with Gasteiger partial charge in [-0.05, 0) is 37.5 Å². The van der Waals surface area contributed by atoms with E-state index in [1.165, 1.54) is 38.5 Å². The molecule has 66 valence electrons. The van der Waals surface area contributed by atoms with Crippen molar-refractivity contribution in [3.8, 4) is 0 Å². The van der Waals surface area contributed by atoms with Crippen molar-refractivity contribution in [1.29, 1.82) is 0 Å². The first-order valence-electron chi connectivity index (χ1n) is 5.41. The Morgan fingerprint density at radius 2 is 1.33 bits per heavy atom. The molecule has 0 aromatic heterocycles. The van der Waals surface area contributed by atoms with Crippen LogP contribution < -0.4 is 0 Å². The van der Waals surface area contributed by atoms with Gasteiger partial charge in [-0.1, -0.05) is 12.8 Å². The Morgan fingerprint density at radius 1 is 0.833 bits per heavy atom. The lowest BCUT2D eigenvalue weighted by molar-refractivity contribution is -0.124. The third-order valence-electron chi connectivity index (χ3n) is 4.42. The smallest absolute Gasteiger partial charge is 0.139 e. The Hall–Kier alpha value is -0.330. The molecule has 0 aromatic carbocycles. The van der Waals surface area contributed by atoms with E-state index >= 15 is 0 Å². The van der Waals surface area contributed by atoms with Gasteiger partial charge in [0.1, 0.15) is 5.78 Å². The van der Waals surface area contributed by atoms with Crippen LogP contribution in [-0.2, 0) is 4.79 Å². The highest BCUT2D eigenvalue weighted by Gasteiger charge is 2.52. The van der Waals surface area contributed by atoms with Crippen LogP contribution in [0.4, 0.5) is 0 Å². The molecule has 1 nitrogen and oxygen atoms in total. The van der Waals surface area contributed by atoms with Gasteiger partial charge in [0.05, 0.1) is 0 Å². The van der Waals surface area contributed by atoms with E-state index in [2.05, 4.69) is 0 Å². The Kier molecular flexibility index (Phi) is 1.38. The SMILES string of the molecule is O=C1[C@H]2CCC[C@H]2[C@H]2CCC[C@@H]12. The molecule has 0 amide bonds. The molecule has 1 heteroatoms. The predicted octanol–water partition coefficient (Wildman–Crippen LogP) is 2.40. The first kappa shape index (κ1) is 7.11. The molecule has 0 radical (unpaired) electrons. The van der Waals surface area contributed by atoms with Gasteiger partial charge in [-0.3, -0.25) is 4.79 Å². The molecule has 0 aliphatic heterocycles. The van der Waals surface area contributed by atoms with Crippen molar-refractivity contribution in [2.24, 2.45) is 23.7 Å². The number of carbonyl (C=O) groups excluding carboxylic acids is 1. The first-order chi connectivity index (χ1) is 5.88. The van der Waals surface area contributed by atoms with Crippen LogP contribution in [0.1, 0.15) is 38.5 Å². The summed E-state index contributed by atoms with van der Waals surface area (Å²) in [5.41, 5.74) is 0. The predicted molar refractivity (Wildman–Crippen MR) is 46.7 cm³/mol. The van der Waals surface area contributed by atoms with Gasteiger partial charge in [-0.25, -0.2) is 0 Å². The molecule has 12 heavy (non-hydrogen) atoms. The molecule has 0 unspecified atom stereocenters. The Morgan fingerprint density at radius 3 is 1.83 bits per heavy atom. The maximum Gasteiger partial charge on any atom is 0.139 e. The van der Waals surface area contributed by atoms with Gasteiger partial charge in [0.2, 0.25) is 0 Å². The summed E-state index contributed by atoms with van der Waals surface area (Å²) in [5, 5.41) is 0. The zero-order valence-corrected chi connectivity index (χ0v) is 7.46. The monoisotopic (exact) mass is 164 g/mol. The van der Waals surface area contributed by atoms with Crippen LogP contribution >= 0.6 is 0 Å². The van der Waals surface area contributed by atoms with E-state index in [0.29, 0.717) is 17.6 Å². The van der Waals surface area contributed by atoms with Gasteiger partial charge in [0, 0.05) is 11.8 Å². The summed E-state index contributed by atoms with van der Waals surface area (Å²) in [7, 11) is 0. The zero-order chi connectivity index (χ0) is 8.13. The zero-order valence-electron chi connectivity index (χ0n) is 7.46. The van der Waals surface area contributed by atoms with Gasteiger partial charge in [-0.2, -0.15) is 0 Å². The second-order valence-electron chi connectivity index (χ2n) is 4.80. The molecule has 0 spiro atoms. The molecule has 0 saturated heterocycles. The summed E-state index contributed by atoms with van der Waals surface area (Å²) < 4.78 is 0. The molecule has 0 N–H and O–H groups in total. The van der Waals surface area contributed by atoms with Crippen molar-refractivity contribution in [3.63, 3.8) is 0 Å². The Bertz CT molecular complexity index is 199. The van der Waals surface area contributed by atoms with Gasteiger partial charge in [0.25, 0.3) is 0 Å². The summed E-state index contributed by atoms with van der Waals surface area (Å²) in [5.74, 6) is 3.33. The van der Waals surface area contributed by atoms with E-state index in [0.717, 1.165) is 11.8 Å². The minimum atomic E-state index is 0.514. The van der Waals surface area contributed by atoms with Crippen molar-refractivity contribution in [2.75, 3.05) is 0 Å². The number of carbonyl (C=O) groups is 1. The molecule has 3 saturated carbocycles. The van der Waals surface area contributed by atoms with Crippen LogP contribution in [0.5, 0.6) is 0 Å². The number of rotatable bonds is 0. The van der Waals surface area contributed by atoms with Crippen LogP contribution in [0, 0.1) is 23.7 Å². The Balaban J connectivity index is 1.94. The van der Waals surface area contributed by atoms with Crippen molar-refractivity contribution < 1.29 is 4.79 Å². The average Bonchev–Trinajstić information content (AvgIpc) is 2.72. The lowest BCUT2D eigenvalue weighted by Crippen LogP contribution is -2.12. The number of hydrogen-bond acceptors (Lipinski definition) is 1. The number of Topliss-reactive ketones (excluding diaryl/α,β-unsaturated/α-hetero) is 1. The largest absolute Gasteiger partial charge is 0.299 e. The highest BCUT2D eigenvalue weighted by Crippen LogP contribution is 2.54. The Labute approximate surface area is 73.5 Å². The van der Waals surface area contributed by atoms with Crippen LogP contribution in [0.2, 0.25) is 0 Å². The number of fused-ring (bicyclic) bond motifs is 3. The summed E-state index contributed by atoms with van der Waals surface area (Å²) in [6.45, 7) is 0. The van der Waals surface area contributed by atoms with Gasteiger partial charge < -0.3 is 0 Å². The normalized spacial score (nSPS) is 51.2. The van der Waals surface area contributed by atoms with E-state index in [-0.39, 0.29) is 0 Å². The van der Waals surface area contributed by atoms with Crippen molar-refractivity contribution in [3.05, 3.63) is 0 Å². The topological polar surface area (TPSA) is 17.1 Å². The molecule has 3 aliphatic carbocycles. The maximum absolute atomic E-state index is 11.9. The van der Waals surface area contributed by atoms with Gasteiger partial charge >= 0.3 is 0 Å². The van der Waals surface area contributed by atoms with Gasteiger partial charge in [-0.15, -0.1) is 0 Å². The fourth-order valence-electron chi connectivity index (χ4n) is 3.98. The molecular weight excluding hydrogens is 148 g/mol. The van der Waals surface area contributed by atoms with Crippen molar-refractivity contribution >= 4 is 5.78 Å². The van der Waals surface area contributed by atoms with Crippen molar-refractivity contribution in [2.45, 2.75) is 38.5 Å². The average molecular weight is 164 g/mol. The standard InChI is InChI=1S/C11H16O/c12-11-9-5-1-3-7(9)8-4-2-6-10(8)11/h7-10H,1-6H2/t7-,8+,9-,10+. The van der Waals surface area contributed by atoms with E-state index in [4.69, 9.17) is 0 Å². The molecule has 3 fully saturated rings. The third-order valence-corrected chi connectivity index (χ3v) is 4.42. The van der Waals surface area contributed by atoms with Crippen LogP contribution in [0.25, 0.3) is 0 Å². The molecular formula is C11H16O. The molecule has 0 heterocycles.